The number of nitrogens with zero attached hydrogens (tertiary/aromatic N) is 1. The third kappa shape index (κ3) is 2.88. The van der Waals surface area contributed by atoms with Gasteiger partial charge in [0, 0.05) is 6.54 Å². The zero-order chi connectivity index (χ0) is 13.0. The molecule has 0 aromatic carbocycles. The molecular weight excluding hydrogens is 234 g/mol. The van der Waals surface area contributed by atoms with E-state index in [1.165, 1.54) is 0 Å². The van der Waals surface area contributed by atoms with Gasteiger partial charge in [0.15, 0.2) is 5.69 Å². The number of aromatic hydroxyl groups is 1. The van der Waals surface area contributed by atoms with Crippen molar-refractivity contribution in [2.45, 2.75) is 19.9 Å². The Morgan fingerprint density at radius 1 is 1.65 bits per heavy atom. The highest BCUT2D eigenvalue weighted by Crippen LogP contribution is 2.26. The first-order chi connectivity index (χ1) is 8.01. The summed E-state index contributed by atoms with van der Waals surface area (Å²) in [6.45, 7) is 1.41. The van der Waals surface area contributed by atoms with Gasteiger partial charge in [-0.05, 0) is 18.6 Å². The Morgan fingerprint density at radius 2 is 2.29 bits per heavy atom. The van der Waals surface area contributed by atoms with E-state index in [1.807, 2.05) is 0 Å². The molecule has 5 nitrogen and oxygen atoms in total. The number of alkyl halides is 2. The van der Waals surface area contributed by atoms with Crippen molar-refractivity contribution >= 4 is 5.97 Å². The molecule has 0 aliphatic rings. The van der Waals surface area contributed by atoms with Crippen LogP contribution >= 0.6 is 0 Å². The Kier molecular flexibility index (Phi) is 4.33. The minimum absolute atomic E-state index is 0.00875. The second-order valence-corrected chi connectivity index (χ2v) is 3.13. The highest BCUT2D eigenvalue weighted by atomic mass is 19.3. The Morgan fingerprint density at radius 3 is 2.76 bits per heavy atom. The topological polar surface area (TPSA) is 85.4 Å². The second-order valence-electron chi connectivity index (χ2n) is 3.13. The summed E-state index contributed by atoms with van der Waals surface area (Å²) in [6, 6.07) is 1.00. The van der Waals surface area contributed by atoms with Crippen LogP contribution in [-0.2, 0) is 11.3 Å². The fraction of sp³-hybridized carbons (Fsp3) is 0.400. The predicted octanol–water partition coefficient (Wildman–Crippen LogP) is 1.36. The van der Waals surface area contributed by atoms with Gasteiger partial charge < -0.3 is 15.6 Å². The number of rotatable bonds is 4. The molecule has 0 amide bonds. The van der Waals surface area contributed by atoms with E-state index in [2.05, 4.69) is 9.72 Å². The van der Waals surface area contributed by atoms with E-state index in [-0.39, 0.29) is 18.7 Å². The van der Waals surface area contributed by atoms with E-state index in [4.69, 9.17) is 5.73 Å². The number of carbonyl (C=O) groups is 1. The van der Waals surface area contributed by atoms with Gasteiger partial charge >= 0.3 is 5.97 Å². The van der Waals surface area contributed by atoms with Crippen molar-refractivity contribution in [3.8, 4) is 5.75 Å². The van der Waals surface area contributed by atoms with Crippen molar-refractivity contribution in [3.05, 3.63) is 23.0 Å². The van der Waals surface area contributed by atoms with Crippen LogP contribution in [0.3, 0.4) is 0 Å². The van der Waals surface area contributed by atoms with Crippen LogP contribution in [0.2, 0.25) is 0 Å². The first-order valence-corrected chi connectivity index (χ1v) is 4.89. The quantitative estimate of drug-likeness (QED) is 0.783. The van der Waals surface area contributed by atoms with E-state index in [0.29, 0.717) is 0 Å². The van der Waals surface area contributed by atoms with Crippen LogP contribution in [0.15, 0.2) is 6.07 Å². The summed E-state index contributed by atoms with van der Waals surface area (Å²) < 4.78 is 29.8. The second kappa shape index (κ2) is 5.53. The maximum Gasteiger partial charge on any atom is 0.360 e. The van der Waals surface area contributed by atoms with Gasteiger partial charge in [-0.25, -0.2) is 18.6 Å². The third-order valence-electron chi connectivity index (χ3n) is 2.01. The van der Waals surface area contributed by atoms with Crippen molar-refractivity contribution < 1.29 is 23.4 Å². The Balaban J connectivity index is 3.24. The van der Waals surface area contributed by atoms with Gasteiger partial charge in [0.25, 0.3) is 6.43 Å². The molecule has 0 fully saturated rings. The minimum atomic E-state index is -2.87. The molecule has 0 atom stereocenters. The van der Waals surface area contributed by atoms with Crippen LogP contribution in [0.1, 0.15) is 35.1 Å². The molecule has 1 heterocycles. The average Bonchev–Trinajstić information content (AvgIpc) is 2.28. The van der Waals surface area contributed by atoms with E-state index in [0.717, 1.165) is 6.07 Å². The smallest absolute Gasteiger partial charge is 0.360 e. The number of hydrogen-bond donors (Lipinski definition) is 2. The normalized spacial score (nSPS) is 10.6. The van der Waals surface area contributed by atoms with E-state index >= 15 is 0 Å². The highest BCUT2D eigenvalue weighted by Gasteiger charge is 2.22. The lowest BCUT2D eigenvalue weighted by molar-refractivity contribution is 0.0514. The first kappa shape index (κ1) is 13.3. The summed E-state index contributed by atoms with van der Waals surface area (Å²) in [5, 5.41) is 9.46. The van der Waals surface area contributed by atoms with Crippen molar-refractivity contribution in [3.63, 3.8) is 0 Å². The molecule has 7 heteroatoms. The van der Waals surface area contributed by atoms with Gasteiger partial charge in [0.2, 0.25) is 0 Å². The van der Waals surface area contributed by atoms with Crippen LogP contribution in [0.25, 0.3) is 0 Å². The SMILES string of the molecule is CCOC(=O)c1nc(C(F)F)c(CN)cc1O. The van der Waals surface area contributed by atoms with Crippen molar-refractivity contribution in [1.82, 2.24) is 4.98 Å². The summed E-state index contributed by atoms with van der Waals surface area (Å²) >= 11 is 0. The van der Waals surface area contributed by atoms with Gasteiger partial charge in [-0.3, -0.25) is 0 Å². The van der Waals surface area contributed by atoms with Gasteiger partial charge in [-0.1, -0.05) is 0 Å². The van der Waals surface area contributed by atoms with Gasteiger partial charge in [0.05, 0.1) is 6.61 Å². The lowest BCUT2D eigenvalue weighted by Gasteiger charge is -2.10. The molecule has 0 aliphatic heterocycles. The number of carbonyl (C=O) groups excluding carboxylic acids is 1. The van der Waals surface area contributed by atoms with Crippen LogP contribution in [0.4, 0.5) is 8.78 Å². The predicted molar refractivity (Wildman–Crippen MR) is 54.7 cm³/mol. The van der Waals surface area contributed by atoms with Crippen LogP contribution in [0, 0.1) is 0 Å². The zero-order valence-corrected chi connectivity index (χ0v) is 9.11. The molecule has 1 aromatic rings. The van der Waals surface area contributed by atoms with Crippen LogP contribution < -0.4 is 5.73 Å². The molecule has 0 saturated heterocycles. The number of pyridine rings is 1. The van der Waals surface area contributed by atoms with Gasteiger partial charge in [0.1, 0.15) is 11.4 Å². The summed E-state index contributed by atoms with van der Waals surface area (Å²) in [6.07, 6.45) is -2.87. The molecule has 0 unspecified atom stereocenters. The first-order valence-electron chi connectivity index (χ1n) is 4.89. The lowest BCUT2D eigenvalue weighted by Crippen LogP contribution is -2.12. The maximum atomic E-state index is 12.6. The molecule has 1 aromatic heterocycles. The molecule has 1 rings (SSSR count). The van der Waals surface area contributed by atoms with E-state index < -0.39 is 29.5 Å². The highest BCUT2D eigenvalue weighted by molar-refractivity contribution is 5.90. The number of ether oxygens (including phenoxy) is 1. The van der Waals surface area contributed by atoms with Crippen molar-refractivity contribution in [2.24, 2.45) is 5.73 Å². The van der Waals surface area contributed by atoms with Crippen molar-refractivity contribution in [1.29, 1.82) is 0 Å². The molecule has 0 radical (unpaired) electrons. The molecule has 0 bridgehead atoms. The largest absolute Gasteiger partial charge is 0.505 e. The number of hydrogen-bond acceptors (Lipinski definition) is 5. The summed E-state index contributed by atoms with van der Waals surface area (Å²) in [7, 11) is 0. The molecule has 0 aliphatic carbocycles. The average molecular weight is 246 g/mol. The number of aromatic nitrogens is 1. The number of halogens is 2. The number of esters is 1. The molecule has 0 saturated carbocycles. The molecule has 3 N–H and O–H groups in total. The van der Waals surface area contributed by atoms with Crippen LogP contribution in [0.5, 0.6) is 5.75 Å². The monoisotopic (exact) mass is 246 g/mol. The van der Waals surface area contributed by atoms with E-state index in [1.54, 1.807) is 6.92 Å². The minimum Gasteiger partial charge on any atom is -0.505 e. The fourth-order valence-corrected chi connectivity index (χ4v) is 1.26. The Hall–Kier alpha value is -1.76. The van der Waals surface area contributed by atoms with Crippen molar-refractivity contribution in [2.75, 3.05) is 6.61 Å². The summed E-state index contributed by atoms with van der Waals surface area (Å²) in [5.74, 6) is -1.47. The van der Waals surface area contributed by atoms with Gasteiger partial charge in [-0.15, -0.1) is 0 Å². The standard InChI is InChI=1S/C10H12F2N2O3/c1-2-17-10(16)8-6(15)3-5(4-13)7(14-8)9(11)12/h3,9,15H,2,4,13H2,1H3. The van der Waals surface area contributed by atoms with E-state index in [9.17, 15) is 18.7 Å². The lowest BCUT2D eigenvalue weighted by atomic mass is 10.1. The Bertz CT molecular complexity index is 424. The molecular formula is C10H12F2N2O3. The Labute approximate surface area is 96.2 Å². The fourth-order valence-electron chi connectivity index (χ4n) is 1.26. The summed E-state index contributed by atoms with van der Waals surface area (Å²) in [5.41, 5.74) is 4.09. The van der Waals surface area contributed by atoms with Crippen LogP contribution in [-0.4, -0.2) is 22.7 Å². The molecule has 0 spiro atoms. The number of nitrogens with two attached hydrogens (primary N) is 1. The summed E-state index contributed by atoms with van der Waals surface area (Å²) in [4.78, 5) is 14.7. The zero-order valence-electron chi connectivity index (χ0n) is 9.11. The van der Waals surface area contributed by atoms with Gasteiger partial charge in [-0.2, -0.15) is 0 Å². The third-order valence-corrected chi connectivity index (χ3v) is 2.01. The molecule has 17 heavy (non-hydrogen) atoms. The molecule has 94 valence electrons. The maximum absolute atomic E-state index is 12.6.